The first-order chi connectivity index (χ1) is 7.93. The predicted molar refractivity (Wildman–Crippen MR) is 67.5 cm³/mol. The monoisotopic (exact) mass is 263 g/mol. The summed E-state index contributed by atoms with van der Waals surface area (Å²) in [5.41, 5.74) is 0.117. The van der Waals surface area contributed by atoms with Gasteiger partial charge in [-0.05, 0) is 36.9 Å². The average molecular weight is 263 g/mol. The van der Waals surface area contributed by atoms with E-state index in [1.165, 1.54) is 12.1 Å². The average Bonchev–Trinajstić information content (AvgIpc) is 2.28. The first-order valence-corrected chi connectivity index (χ1v) is 6.66. The molecule has 1 nitrogen and oxygen atoms in total. The summed E-state index contributed by atoms with van der Waals surface area (Å²) in [5, 5.41) is 3.66. The summed E-state index contributed by atoms with van der Waals surface area (Å²) in [6, 6.07) is 5.12. The van der Waals surface area contributed by atoms with Gasteiger partial charge < -0.3 is 5.32 Å². The highest BCUT2D eigenvalue weighted by molar-refractivity contribution is 7.99. The number of rotatable bonds is 5. The van der Waals surface area contributed by atoms with Crippen LogP contribution in [0.4, 0.5) is 18.9 Å². The Labute approximate surface area is 104 Å². The molecule has 1 unspecified atom stereocenters. The first-order valence-electron chi connectivity index (χ1n) is 5.37. The number of nitrogens with one attached hydrogen (secondary N) is 1. The molecule has 1 aromatic rings. The summed E-state index contributed by atoms with van der Waals surface area (Å²) in [6.07, 6.45) is -1.23. The molecule has 0 aromatic heterocycles. The zero-order valence-electron chi connectivity index (χ0n) is 9.84. The van der Waals surface area contributed by atoms with Crippen molar-refractivity contribution in [3.05, 3.63) is 29.8 Å². The van der Waals surface area contributed by atoms with Crippen molar-refractivity contribution in [3.63, 3.8) is 0 Å². The Hall–Kier alpha value is -0.840. The number of hydrogen-bond donors (Lipinski definition) is 1. The van der Waals surface area contributed by atoms with E-state index < -0.39 is 11.7 Å². The number of anilines is 1. The highest BCUT2D eigenvalue weighted by Gasteiger charge is 2.29. The molecule has 1 N–H and O–H groups in total. The molecule has 0 saturated heterocycles. The van der Waals surface area contributed by atoms with Crippen molar-refractivity contribution in [1.29, 1.82) is 0 Å². The third kappa shape index (κ3) is 4.89. The topological polar surface area (TPSA) is 12.0 Å². The Kier molecular flexibility index (Phi) is 5.18. The van der Waals surface area contributed by atoms with Gasteiger partial charge in [0.05, 0.1) is 5.56 Å². The fourth-order valence-corrected chi connectivity index (χ4v) is 1.67. The number of hydrogen-bond acceptors (Lipinski definition) is 2. The molecule has 17 heavy (non-hydrogen) atoms. The maximum atomic E-state index is 12.3. The van der Waals surface area contributed by atoms with E-state index in [9.17, 15) is 13.2 Å². The van der Waals surface area contributed by atoms with Crippen LogP contribution in [0.25, 0.3) is 0 Å². The van der Waals surface area contributed by atoms with Gasteiger partial charge in [0.15, 0.2) is 0 Å². The molecule has 0 heterocycles. The lowest BCUT2D eigenvalue weighted by atomic mass is 10.2. The molecular formula is C12H16F3NS. The maximum absolute atomic E-state index is 12.3. The standard InChI is InChI=1S/C12H16F3NS/c1-9(17-2)7-8-16-11-5-3-10(4-6-11)12(13,14)15/h3-6,9,16H,7-8H2,1-2H3. The van der Waals surface area contributed by atoms with Gasteiger partial charge in [0.2, 0.25) is 0 Å². The van der Waals surface area contributed by atoms with Crippen molar-refractivity contribution < 1.29 is 13.2 Å². The highest BCUT2D eigenvalue weighted by Crippen LogP contribution is 2.29. The van der Waals surface area contributed by atoms with Crippen LogP contribution >= 0.6 is 11.8 Å². The lowest BCUT2D eigenvalue weighted by molar-refractivity contribution is -0.137. The van der Waals surface area contributed by atoms with E-state index in [-0.39, 0.29) is 0 Å². The summed E-state index contributed by atoms with van der Waals surface area (Å²) < 4.78 is 36.9. The van der Waals surface area contributed by atoms with E-state index in [2.05, 4.69) is 12.2 Å². The molecule has 0 amide bonds. The lowest BCUT2D eigenvalue weighted by Crippen LogP contribution is -2.08. The summed E-state index contributed by atoms with van der Waals surface area (Å²) in [4.78, 5) is 0. The Morgan fingerprint density at radius 1 is 1.24 bits per heavy atom. The molecule has 5 heteroatoms. The van der Waals surface area contributed by atoms with Crippen molar-refractivity contribution in [2.75, 3.05) is 18.1 Å². The molecule has 0 spiro atoms. The molecule has 0 aliphatic heterocycles. The van der Waals surface area contributed by atoms with Gasteiger partial charge in [-0.2, -0.15) is 24.9 Å². The Bertz CT molecular complexity index is 335. The van der Waals surface area contributed by atoms with Crippen LogP contribution in [-0.2, 0) is 6.18 Å². The van der Waals surface area contributed by atoms with Gasteiger partial charge in [0.1, 0.15) is 0 Å². The fourth-order valence-electron chi connectivity index (χ4n) is 1.31. The van der Waals surface area contributed by atoms with E-state index in [0.29, 0.717) is 5.25 Å². The second kappa shape index (κ2) is 6.19. The molecule has 0 aliphatic carbocycles. The van der Waals surface area contributed by atoms with E-state index in [0.717, 1.165) is 30.8 Å². The summed E-state index contributed by atoms with van der Waals surface area (Å²) in [5.74, 6) is 0. The van der Waals surface area contributed by atoms with Gasteiger partial charge in [0, 0.05) is 17.5 Å². The van der Waals surface area contributed by atoms with Crippen LogP contribution in [0.3, 0.4) is 0 Å². The zero-order chi connectivity index (χ0) is 12.9. The largest absolute Gasteiger partial charge is 0.416 e. The van der Waals surface area contributed by atoms with Gasteiger partial charge in [-0.1, -0.05) is 6.92 Å². The van der Waals surface area contributed by atoms with Gasteiger partial charge in [-0.15, -0.1) is 0 Å². The minimum Gasteiger partial charge on any atom is -0.385 e. The molecular weight excluding hydrogens is 247 g/mol. The summed E-state index contributed by atoms with van der Waals surface area (Å²) in [7, 11) is 0. The van der Waals surface area contributed by atoms with Crippen molar-refractivity contribution in [1.82, 2.24) is 0 Å². The van der Waals surface area contributed by atoms with Crippen molar-refractivity contribution >= 4 is 17.4 Å². The third-order valence-corrected chi connectivity index (χ3v) is 3.54. The number of alkyl halides is 3. The van der Waals surface area contributed by atoms with Gasteiger partial charge in [-0.3, -0.25) is 0 Å². The van der Waals surface area contributed by atoms with E-state index in [4.69, 9.17) is 0 Å². The SMILES string of the molecule is CSC(C)CCNc1ccc(C(F)(F)F)cc1. The molecule has 0 aliphatic rings. The number of thioether (sulfide) groups is 1. The number of halogens is 3. The lowest BCUT2D eigenvalue weighted by Gasteiger charge is -2.11. The van der Waals surface area contributed by atoms with Gasteiger partial charge in [0.25, 0.3) is 0 Å². The van der Waals surface area contributed by atoms with Crippen LogP contribution in [0.5, 0.6) is 0 Å². The first kappa shape index (κ1) is 14.2. The predicted octanol–water partition coefficient (Wildman–Crippen LogP) is 4.26. The molecule has 0 bridgehead atoms. The molecule has 0 fully saturated rings. The third-order valence-electron chi connectivity index (χ3n) is 2.49. The Balaban J connectivity index is 2.46. The van der Waals surface area contributed by atoms with Crippen LogP contribution in [0, 0.1) is 0 Å². The Morgan fingerprint density at radius 3 is 2.29 bits per heavy atom. The van der Waals surface area contributed by atoms with Crippen LogP contribution in [0.2, 0.25) is 0 Å². The molecule has 1 aromatic carbocycles. The molecule has 1 rings (SSSR count). The zero-order valence-corrected chi connectivity index (χ0v) is 10.7. The minimum atomic E-state index is -4.26. The van der Waals surface area contributed by atoms with Crippen molar-refractivity contribution in [2.45, 2.75) is 24.8 Å². The fraction of sp³-hybridized carbons (Fsp3) is 0.500. The van der Waals surface area contributed by atoms with Crippen LogP contribution in [0.1, 0.15) is 18.9 Å². The Morgan fingerprint density at radius 2 is 1.82 bits per heavy atom. The van der Waals surface area contributed by atoms with Gasteiger partial charge in [-0.25, -0.2) is 0 Å². The number of benzene rings is 1. The molecule has 1 atom stereocenters. The smallest absolute Gasteiger partial charge is 0.385 e. The van der Waals surface area contributed by atoms with Crippen LogP contribution in [-0.4, -0.2) is 18.1 Å². The quantitative estimate of drug-likeness (QED) is 0.852. The molecule has 0 saturated carbocycles. The summed E-state index contributed by atoms with van der Waals surface area (Å²) >= 11 is 1.78. The second-order valence-electron chi connectivity index (χ2n) is 3.84. The van der Waals surface area contributed by atoms with Crippen LogP contribution < -0.4 is 5.32 Å². The minimum absolute atomic E-state index is 0.553. The summed E-state index contributed by atoms with van der Waals surface area (Å²) in [6.45, 7) is 2.90. The molecule has 0 radical (unpaired) electrons. The van der Waals surface area contributed by atoms with Gasteiger partial charge >= 0.3 is 6.18 Å². The maximum Gasteiger partial charge on any atom is 0.416 e. The van der Waals surface area contributed by atoms with E-state index in [1.54, 1.807) is 11.8 Å². The second-order valence-corrected chi connectivity index (χ2v) is 5.11. The van der Waals surface area contributed by atoms with E-state index >= 15 is 0 Å². The van der Waals surface area contributed by atoms with Crippen LogP contribution in [0.15, 0.2) is 24.3 Å². The highest BCUT2D eigenvalue weighted by atomic mass is 32.2. The molecule has 96 valence electrons. The van der Waals surface area contributed by atoms with E-state index in [1.807, 2.05) is 6.26 Å². The normalized spacial score (nSPS) is 13.5. The van der Waals surface area contributed by atoms with Crippen molar-refractivity contribution in [3.8, 4) is 0 Å². The van der Waals surface area contributed by atoms with Crippen molar-refractivity contribution in [2.24, 2.45) is 0 Å².